The second-order valence-corrected chi connectivity index (χ2v) is 7.88. The molecule has 3 aromatic rings. The molecule has 1 amide bonds. The summed E-state index contributed by atoms with van der Waals surface area (Å²) in [6.07, 6.45) is 7.31. The number of carbonyl (C=O) groups excluding carboxylic acids is 1. The number of rotatable bonds is 5. The molecule has 7 nitrogen and oxygen atoms in total. The minimum Gasteiger partial charge on any atom is -0.490 e. The number of fused-ring (bicyclic) bond motifs is 1. The van der Waals surface area contributed by atoms with Crippen LogP contribution in [-0.2, 0) is 11.3 Å². The number of pyridine rings is 1. The van der Waals surface area contributed by atoms with Crippen molar-refractivity contribution in [2.75, 3.05) is 5.73 Å². The molecule has 0 bridgehead atoms. The van der Waals surface area contributed by atoms with Crippen LogP contribution in [0.4, 0.5) is 5.69 Å². The van der Waals surface area contributed by atoms with Gasteiger partial charge < -0.3 is 15.8 Å². The summed E-state index contributed by atoms with van der Waals surface area (Å²) in [6, 6.07) is 7.92. The summed E-state index contributed by atoms with van der Waals surface area (Å²) in [5.41, 5.74) is 9.73. The first-order chi connectivity index (χ1) is 14.0. The minimum absolute atomic E-state index is 0.000685. The summed E-state index contributed by atoms with van der Waals surface area (Å²) in [5, 5.41) is 8.16. The van der Waals surface area contributed by atoms with E-state index in [1.165, 1.54) is 0 Å². The van der Waals surface area contributed by atoms with Gasteiger partial charge in [-0.05, 0) is 63.3 Å². The number of nitrogens with zero attached hydrogens (tertiary/aromatic N) is 3. The molecule has 2 heterocycles. The molecule has 1 aliphatic rings. The lowest BCUT2D eigenvalue weighted by Gasteiger charge is -2.30. The van der Waals surface area contributed by atoms with Gasteiger partial charge in [0.05, 0.1) is 23.2 Å². The molecule has 4 rings (SSSR count). The lowest BCUT2D eigenvalue weighted by Crippen LogP contribution is -2.41. The number of hydrogen-bond donors (Lipinski definition) is 2. The quantitative estimate of drug-likeness (QED) is 0.694. The monoisotopic (exact) mass is 393 g/mol. The average Bonchev–Trinajstić information content (AvgIpc) is 3.07. The van der Waals surface area contributed by atoms with Crippen molar-refractivity contribution < 1.29 is 9.53 Å². The molecule has 29 heavy (non-hydrogen) atoms. The van der Waals surface area contributed by atoms with Crippen LogP contribution >= 0.6 is 0 Å². The van der Waals surface area contributed by atoms with Crippen molar-refractivity contribution >= 4 is 22.5 Å². The van der Waals surface area contributed by atoms with Crippen LogP contribution in [0.3, 0.4) is 0 Å². The number of nitrogen functional groups attached to an aromatic ring is 1. The first kappa shape index (κ1) is 19.2. The molecule has 0 radical (unpaired) electrons. The highest BCUT2D eigenvalue weighted by Gasteiger charge is 2.24. The van der Waals surface area contributed by atoms with Gasteiger partial charge in [-0.3, -0.25) is 14.5 Å². The fourth-order valence-corrected chi connectivity index (χ4v) is 4.00. The third kappa shape index (κ3) is 4.50. The Labute approximate surface area is 170 Å². The molecule has 0 unspecified atom stereocenters. The highest BCUT2D eigenvalue weighted by Crippen LogP contribution is 2.33. The molecule has 0 spiro atoms. The molecule has 0 aliphatic heterocycles. The third-order valence-electron chi connectivity index (χ3n) is 5.36. The van der Waals surface area contributed by atoms with Gasteiger partial charge in [-0.25, -0.2) is 0 Å². The molecular formula is C22H27N5O2. The number of hydrogen-bond acceptors (Lipinski definition) is 5. The first-order valence-corrected chi connectivity index (χ1v) is 10.1. The number of aryl methyl sites for hydroxylation is 2. The van der Waals surface area contributed by atoms with Gasteiger partial charge >= 0.3 is 0 Å². The van der Waals surface area contributed by atoms with E-state index in [0.29, 0.717) is 5.69 Å². The number of nitrogens with one attached hydrogen (secondary N) is 1. The van der Waals surface area contributed by atoms with Crippen molar-refractivity contribution in [1.82, 2.24) is 20.1 Å². The summed E-state index contributed by atoms with van der Waals surface area (Å²) in [4.78, 5) is 16.8. The van der Waals surface area contributed by atoms with Crippen molar-refractivity contribution in [2.45, 2.75) is 58.2 Å². The van der Waals surface area contributed by atoms with Crippen LogP contribution < -0.4 is 15.8 Å². The summed E-state index contributed by atoms with van der Waals surface area (Å²) >= 11 is 0. The molecule has 1 fully saturated rings. The fourth-order valence-electron chi connectivity index (χ4n) is 4.00. The van der Waals surface area contributed by atoms with E-state index in [2.05, 4.69) is 15.4 Å². The average molecular weight is 393 g/mol. The van der Waals surface area contributed by atoms with Crippen molar-refractivity contribution in [2.24, 2.45) is 0 Å². The lowest BCUT2D eigenvalue weighted by molar-refractivity contribution is -0.122. The van der Waals surface area contributed by atoms with Gasteiger partial charge in [-0.1, -0.05) is 6.07 Å². The molecule has 3 N–H and O–H groups in total. The number of benzene rings is 1. The number of nitrogens with two attached hydrogens (primary N) is 1. The second kappa shape index (κ2) is 8.11. The van der Waals surface area contributed by atoms with Gasteiger partial charge in [-0.15, -0.1) is 0 Å². The number of anilines is 1. The fraction of sp³-hybridized carbons (Fsp3) is 0.409. The van der Waals surface area contributed by atoms with Crippen LogP contribution in [-0.4, -0.2) is 32.8 Å². The van der Waals surface area contributed by atoms with E-state index >= 15 is 0 Å². The molecule has 1 saturated carbocycles. The Hall–Kier alpha value is -3.09. The molecule has 152 valence electrons. The van der Waals surface area contributed by atoms with E-state index in [1.54, 1.807) is 10.9 Å². The van der Waals surface area contributed by atoms with Crippen LogP contribution in [0.25, 0.3) is 10.9 Å². The third-order valence-corrected chi connectivity index (χ3v) is 5.36. The van der Waals surface area contributed by atoms with Gasteiger partial charge in [-0.2, -0.15) is 5.10 Å². The van der Waals surface area contributed by atoms with E-state index in [4.69, 9.17) is 10.5 Å². The summed E-state index contributed by atoms with van der Waals surface area (Å²) in [5.74, 6) is 0.787. The van der Waals surface area contributed by atoms with E-state index in [1.807, 2.05) is 44.3 Å². The van der Waals surface area contributed by atoms with Gasteiger partial charge in [0, 0.05) is 23.6 Å². The topological polar surface area (TPSA) is 95.1 Å². The van der Waals surface area contributed by atoms with Gasteiger partial charge in [0.15, 0.2) is 0 Å². The Kier molecular flexibility index (Phi) is 5.38. The van der Waals surface area contributed by atoms with E-state index in [-0.39, 0.29) is 24.6 Å². The zero-order chi connectivity index (χ0) is 20.4. The molecule has 0 saturated heterocycles. The smallest absolute Gasteiger partial charge is 0.241 e. The summed E-state index contributed by atoms with van der Waals surface area (Å²) in [7, 11) is 0. The van der Waals surface area contributed by atoms with Gasteiger partial charge in [0.1, 0.15) is 12.3 Å². The molecule has 2 aromatic heterocycles. The highest BCUT2D eigenvalue weighted by atomic mass is 16.5. The van der Waals surface area contributed by atoms with Crippen LogP contribution in [0.2, 0.25) is 0 Å². The van der Waals surface area contributed by atoms with Crippen LogP contribution in [0.15, 0.2) is 36.7 Å². The molecule has 1 aliphatic carbocycles. The van der Waals surface area contributed by atoms with E-state index in [9.17, 15) is 4.79 Å². The summed E-state index contributed by atoms with van der Waals surface area (Å²) in [6.45, 7) is 4.15. The van der Waals surface area contributed by atoms with Crippen molar-refractivity contribution in [3.8, 4) is 5.75 Å². The Bertz CT molecular complexity index is 1020. The zero-order valence-electron chi connectivity index (χ0n) is 16.9. The second-order valence-electron chi connectivity index (χ2n) is 7.88. The summed E-state index contributed by atoms with van der Waals surface area (Å²) < 4.78 is 7.96. The molecule has 0 atom stereocenters. The number of carbonyl (C=O) groups is 1. The van der Waals surface area contributed by atoms with E-state index < -0.39 is 0 Å². The molecular weight excluding hydrogens is 366 g/mol. The van der Waals surface area contributed by atoms with Crippen molar-refractivity contribution in [3.05, 3.63) is 47.9 Å². The number of amides is 1. The van der Waals surface area contributed by atoms with E-state index in [0.717, 1.165) is 53.6 Å². The minimum atomic E-state index is 0.000685. The van der Waals surface area contributed by atoms with Crippen LogP contribution in [0, 0.1) is 13.8 Å². The Morgan fingerprint density at radius 3 is 2.79 bits per heavy atom. The normalized spacial score (nSPS) is 19.2. The zero-order valence-corrected chi connectivity index (χ0v) is 16.9. The largest absolute Gasteiger partial charge is 0.490 e. The van der Waals surface area contributed by atoms with Crippen LogP contribution in [0.5, 0.6) is 5.75 Å². The van der Waals surface area contributed by atoms with Crippen LogP contribution in [0.1, 0.15) is 36.9 Å². The number of ether oxygens (including phenoxy) is 1. The molecule has 7 heteroatoms. The van der Waals surface area contributed by atoms with Gasteiger partial charge in [0.2, 0.25) is 5.91 Å². The van der Waals surface area contributed by atoms with Gasteiger partial charge in [0.25, 0.3) is 0 Å². The van der Waals surface area contributed by atoms with Crippen molar-refractivity contribution in [3.63, 3.8) is 0 Å². The maximum absolute atomic E-state index is 12.2. The molecule has 1 aromatic carbocycles. The number of aromatic nitrogens is 3. The first-order valence-electron chi connectivity index (χ1n) is 10.1. The highest BCUT2D eigenvalue weighted by molar-refractivity contribution is 5.95. The van der Waals surface area contributed by atoms with Crippen molar-refractivity contribution in [1.29, 1.82) is 0 Å². The lowest BCUT2D eigenvalue weighted by atomic mass is 9.93. The SMILES string of the molecule is Cc1cnn(CC(=O)N[C@H]2CC[C@H](Oc3cccc4nc(C)cc(N)c34)CC2)c1. The predicted octanol–water partition coefficient (Wildman–Crippen LogP) is 3.14. The predicted molar refractivity (Wildman–Crippen MR) is 113 cm³/mol. The maximum Gasteiger partial charge on any atom is 0.241 e. The standard InChI is InChI=1S/C22H27N5O2/c1-14-11-24-27(12-14)13-21(28)26-16-6-8-17(9-7-16)29-20-5-3-4-19-22(20)18(23)10-15(2)25-19/h3-5,10-12,16-17H,6-9,13H2,1-2H3,(H2,23,25)(H,26,28)/t16-,17-. The maximum atomic E-state index is 12.2. The Balaban J connectivity index is 1.33. The Morgan fingerprint density at radius 1 is 1.28 bits per heavy atom. The Morgan fingerprint density at radius 2 is 2.07 bits per heavy atom.